The summed E-state index contributed by atoms with van der Waals surface area (Å²) < 4.78 is 5.72. The van der Waals surface area contributed by atoms with Crippen LogP contribution in [0.3, 0.4) is 0 Å². The molecule has 1 atom stereocenters. The molecule has 1 rings (SSSR count). The van der Waals surface area contributed by atoms with E-state index in [1.807, 2.05) is 13.8 Å². The molecule has 0 saturated heterocycles. The summed E-state index contributed by atoms with van der Waals surface area (Å²) in [5, 5.41) is 3.32. The van der Waals surface area contributed by atoms with Crippen molar-refractivity contribution in [3.05, 3.63) is 11.4 Å². The Morgan fingerprint density at radius 2 is 2.00 bits per heavy atom. The van der Waals surface area contributed by atoms with Gasteiger partial charge in [-0.3, -0.25) is 0 Å². The largest absolute Gasteiger partial charge is 0.461 e. The van der Waals surface area contributed by atoms with Gasteiger partial charge in [-0.2, -0.15) is 4.98 Å². The quantitative estimate of drug-likeness (QED) is 0.838. The zero-order valence-corrected chi connectivity index (χ0v) is 13.4. The topological polar surface area (TPSA) is 47.0 Å². The summed E-state index contributed by atoms with van der Waals surface area (Å²) in [5.41, 5.74) is 0.752. The first-order valence-corrected chi connectivity index (χ1v) is 7.05. The number of hydrogen-bond acceptors (Lipinski definition) is 4. The molecule has 0 aliphatic heterocycles. The number of terminal acetylenes is 1. The number of nitrogens with one attached hydrogen (secondary N) is 1. The highest BCUT2D eigenvalue weighted by Gasteiger charge is 2.22. The minimum Gasteiger partial charge on any atom is -0.461 e. The number of anilines is 1. The Balaban J connectivity index is 3.24. The van der Waals surface area contributed by atoms with E-state index in [0.717, 1.165) is 30.2 Å². The van der Waals surface area contributed by atoms with E-state index < -0.39 is 0 Å². The van der Waals surface area contributed by atoms with Crippen molar-refractivity contribution in [2.45, 2.75) is 59.5 Å². The van der Waals surface area contributed by atoms with E-state index in [-0.39, 0.29) is 11.5 Å². The average Bonchev–Trinajstić information content (AvgIpc) is 2.38. The molecule has 1 N–H and O–H groups in total. The van der Waals surface area contributed by atoms with E-state index in [2.05, 4.69) is 48.9 Å². The Labute approximate surface area is 122 Å². The summed E-state index contributed by atoms with van der Waals surface area (Å²) in [6.07, 6.45) is 6.10. The van der Waals surface area contributed by atoms with Gasteiger partial charge in [-0.25, -0.2) is 4.98 Å². The van der Waals surface area contributed by atoms with Crippen LogP contribution in [0.4, 0.5) is 5.82 Å². The Bertz CT molecular complexity index is 498. The van der Waals surface area contributed by atoms with E-state index in [9.17, 15) is 0 Å². The van der Waals surface area contributed by atoms with Gasteiger partial charge in [0.2, 0.25) is 5.88 Å². The van der Waals surface area contributed by atoms with Gasteiger partial charge in [-0.15, -0.1) is 6.42 Å². The van der Waals surface area contributed by atoms with Gasteiger partial charge < -0.3 is 10.1 Å². The van der Waals surface area contributed by atoms with Crippen LogP contribution >= 0.6 is 0 Å². The van der Waals surface area contributed by atoms with E-state index in [1.54, 1.807) is 0 Å². The standard InChI is InChI=1S/C16H25N3O/c1-8-10-17-13-12(4)14(20-11(3)9-2)19-15(18-13)16(5,6)7/h2,11H,8,10H2,1,3-7H3,(H,17,18,19). The van der Waals surface area contributed by atoms with E-state index >= 15 is 0 Å². The number of rotatable bonds is 5. The van der Waals surface area contributed by atoms with Crippen molar-refractivity contribution in [2.75, 3.05) is 11.9 Å². The van der Waals surface area contributed by atoms with E-state index in [0.29, 0.717) is 5.88 Å². The van der Waals surface area contributed by atoms with Crippen molar-refractivity contribution in [1.82, 2.24) is 9.97 Å². The fourth-order valence-corrected chi connectivity index (χ4v) is 1.56. The molecule has 0 spiro atoms. The van der Waals surface area contributed by atoms with E-state index in [1.165, 1.54) is 0 Å². The summed E-state index contributed by atoms with van der Waals surface area (Å²) in [7, 11) is 0. The second-order valence-electron chi connectivity index (χ2n) is 5.93. The average molecular weight is 275 g/mol. The Kier molecular flexibility index (Phi) is 5.38. The number of ether oxygens (including phenoxy) is 1. The van der Waals surface area contributed by atoms with Crippen molar-refractivity contribution < 1.29 is 4.74 Å². The minimum absolute atomic E-state index is 0.145. The zero-order valence-electron chi connectivity index (χ0n) is 13.4. The highest BCUT2D eigenvalue weighted by atomic mass is 16.5. The zero-order chi connectivity index (χ0) is 15.3. The second-order valence-corrected chi connectivity index (χ2v) is 5.93. The van der Waals surface area contributed by atoms with Gasteiger partial charge in [-0.05, 0) is 20.3 Å². The second kappa shape index (κ2) is 6.60. The van der Waals surface area contributed by atoms with Gasteiger partial charge in [0.1, 0.15) is 11.6 Å². The van der Waals surface area contributed by atoms with Crippen LogP contribution in [0.25, 0.3) is 0 Å². The van der Waals surface area contributed by atoms with Crippen molar-refractivity contribution in [1.29, 1.82) is 0 Å². The third-order valence-corrected chi connectivity index (χ3v) is 2.84. The fraction of sp³-hybridized carbons (Fsp3) is 0.625. The predicted molar refractivity (Wildman–Crippen MR) is 83.2 cm³/mol. The third kappa shape index (κ3) is 4.12. The SMILES string of the molecule is C#CC(C)Oc1nc(C(C)(C)C)nc(NCCC)c1C. The fourth-order valence-electron chi connectivity index (χ4n) is 1.56. The van der Waals surface area contributed by atoms with Crippen LogP contribution in [0.2, 0.25) is 0 Å². The summed E-state index contributed by atoms with van der Waals surface area (Å²) >= 11 is 0. The lowest BCUT2D eigenvalue weighted by atomic mass is 9.95. The number of aromatic nitrogens is 2. The first-order chi connectivity index (χ1) is 9.29. The smallest absolute Gasteiger partial charge is 0.223 e. The third-order valence-electron chi connectivity index (χ3n) is 2.84. The number of hydrogen-bond donors (Lipinski definition) is 1. The van der Waals surface area contributed by atoms with Crippen molar-refractivity contribution in [3.8, 4) is 18.2 Å². The predicted octanol–water partition coefficient (Wildman–Crippen LogP) is 3.30. The lowest BCUT2D eigenvalue weighted by Gasteiger charge is -2.21. The van der Waals surface area contributed by atoms with Crippen LogP contribution < -0.4 is 10.1 Å². The van der Waals surface area contributed by atoms with Crippen LogP contribution in [0, 0.1) is 19.3 Å². The lowest BCUT2D eigenvalue weighted by Crippen LogP contribution is -2.20. The minimum atomic E-state index is -0.310. The molecule has 1 heterocycles. The van der Waals surface area contributed by atoms with Crippen LogP contribution in [-0.2, 0) is 5.41 Å². The van der Waals surface area contributed by atoms with Crippen molar-refractivity contribution >= 4 is 5.82 Å². The van der Waals surface area contributed by atoms with E-state index in [4.69, 9.17) is 11.2 Å². The van der Waals surface area contributed by atoms with Gasteiger partial charge in [0.05, 0.1) is 5.56 Å². The van der Waals surface area contributed by atoms with Crippen LogP contribution in [0.5, 0.6) is 5.88 Å². The van der Waals surface area contributed by atoms with Gasteiger partial charge in [0.15, 0.2) is 6.10 Å². The monoisotopic (exact) mass is 275 g/mol. The molecule has 0 amide bonds. The Hall–Kier alpha value is -1.76. The molecule has 4 nitrogen and oxygen atoms in total. The first-order valence-electron chi connectivity index (χ1n) is 7.05. The molecule has 0 fully saturated rings. The van der Waals surface area contributed by atoms with Gasteiger partial charge in [-0.1, -0.05) is 33.6 Å². The molecule has 20 heavy (non-hydrogen) atoms. The highest BCUT2D eigenvalue weighted by molar-refractivity contribution is 5.49. The highest BCUT2D eigenvalue weighted by Crippen LogP contribution is 2.28. The van der Waals surface area contributed by atoms with Gasteiger partial charge in [0.25, 0.3) is 0 Å². The molecule has 0 aromatic carbocycles. The molecule has 0 aliphatic rings. The maximum absolute atomic E-state index is 5.72. The molecular weight excluding hydrogens is 250 g/mol. The summed E-state index contributed by atoms with van der Waals surface area (Å²) in [4.78, 5) is 9.15. The van der Waals surface area contributed by atoms with Crippen LogP contribution in [-0.4, -0.2) is 22.6 Å². The molecular formula is C16H25N3O. The van der Waals surface area contributed by atoms with Crippen molar-refractivity contribution in [3.63, 3.8) is 0 Å². The van der Waals surface area contributed by atoms with Crippen LogP contribution in [0.1, 0.15) is 52.4 Å². The number of nitrogens with zero attached hydrogens (tertiary/aromatic N) is 2. The Morgan fingerprint density at radius 3 is 2.50 bits per heavy atom. The summed E-state index contributed by atoms with van der Waals surface area (Å²) in [6.45, 7) is 13.0. The molecule has 0 radical (unpaired) electrons. The lowest BCUT2D eigenvalue weighted by molar-refractivity contribution is 0.263. The molecule has 1 aromatic rings. The molecule has 110 valence electrons. The Morgan fingerprint density at radius 1 is 1.35 bits per heavy atom. The molecule has 0 bridgehead atoms. The molecule has 4 heteroatoms. The summed E-state index contributed by atoms with van der Waals surface area (Å²) in [5.74, 6) is 4.70. The van der Waals surface area contributed by atoms with Gasteiger partial charge in [0, 0.05) is 12.0 Å². The van der Waals surface area contributed by atoms with Crippen molar-refractivity contribution in [2.24, 2.45) is 0 Å². The normalized spacial score (nSPS) is 12.7. The molecule has 0 aliphatic carbocycles. The summed E-state index contributed by atoms with van der Waals surface area (Å²) in [6, 6.07) is 0. The van der Waals surface area contributed by atoms with Gasteiger partial charge >= 0.3 is 0 Å². The maximum atomic E-state index is 5.72. The maximum Gasteiger partial charge on any atom is 0.223 e. The molecule has 0 saturated carbocycles. The van der Waals surface area contributed by atoms with Crippen LogP contribution in [0.15, 0.2) is 0 Å². The molecule has 1 aromatic heterocycles. The first kappa shape index (κ1) is 16.3. The molecule has 1 unspecified atom stereocenters.